The van der Waals surface area contributed by atoms with Crippen molar-refractivity contribution >= 4 is 11.0 Å². The van der Waals surface area contributed by atoms with Crippen molar-refractivity contribution in [1.29, 1.82) is 0 Å². The highest BCUT2D eigenvalue weighted by Crippen LogP contribution is 2.12. The molecule has 4 heteroatoms. The molecule has 1 heterocycles. The molecule has 0 saturated heterocycles. The van der Waals surface area contributed by atoms with Crippen molar-refractivity contribution in [2.24, 2.45) is 0 Å². The Morgan fingerprint density at radius 3 is 3.08 bits per heavy atom. The van der Waals surface area contributed by atoms with Crippen LogP contribution in [0.2, 0.25) is 0 Å². The van der Waals surface area contributed by atoms with Gasteiger partial charge in [0.2, 0.25) is 0 Å². The Labute approximate surface area is 75.8 Å². The molecule has 0 atom stereocenters. The van der Waals surface area contributed by atoms with Gasteiger partial charge in [-0.3, -0.25) is 0 Å². The maximum atomic E-state index is 8.78. The Morgan fingerprint density at radius 2 is 2.31 bits per heavy atom. The summed E-state index contributed by atoms with van der Waals surface area (Å²) in [6.45, 7) is 2.61. The number of aromatic nitrogens is 3. The Kier molecular flexibility index (Phi) is 1.98. The number of aliphatic hydroxyl groups excluding tert-OH is 1. The number of hydrogen-bond acceptors (Lipinski definition) is 3. The number of hydrogen-bond donors (Lipinski definition) is 1. The SMILES string of the molecule is Cc1ccc2nnn(CCO)c2c1. The van der Waals surface area contributed by atoms with Crippen LogP contribution < -0.4 is 0 Å². The fraction of sp³-hybridized carbons (Fsp3) is 0.333. The van der Waals surface area contributed by atoms with Crippen LogP contribution in [0.5, 0.6) is 0 Å². The number of benzene rings is 1. The van der Waals surface area contributed by atoms with Gasteiger partial charge >= 0.3 is 0 Å². The van der Waals surface area contributed by atoms with E-state index >= 15 is 0 Å². The molecular formula is C9H11N3O. The van der Waals surface area contributed by atoms with Crippen molar-refractivity contribution in [2.75, 3.05) is 6.61 Å². The second kappa shape index (κ2) is 3.14. The predicted octanol–water partition coefficient (Wildman–Crippen LogP) is 0.732. The average molecular weight is 177 g/mol. The van der Waals surface area contributed by atoms with Crippen molar-refractivity contribution in [1.82, 2.24) is 15.0 Å². The first-order valence-electron chi connectivity index (χ1n) is 4.22. The third-order valence-electron chi connectivity index (χ3n) is 1.98. The van der Waals surface area contributed by atoms with Crippen LogP contribution in [0.25, 0.3) is 11.0 Å². The highest BCUT2D eigenvalue weighted by molar-refractivity contribution is 5.74. The molecule has 0 aliphatic rings. The van der Waals surface area contributed by atoms with Crippen molar-refractivity contribution in [3.8, 4) is 0 Å². The molecule has 13 heavy (non-hydrogen) atoms. The fourth-order valence-corrected chi connectivity index (χ4v) is 1.34. The van der Waals surface area contributed by atoms with Gasteiger partial charge in [0, 0.05) is 0 Å². The molecule has 4 nitrogen and oxygen atoms in total. The van der Waals surface area contributed by atoms with E-state index < -0.39 is 0 Å². The molecule has 0 unspecified atom stereocenters. The third-order valence-corrected chi connectivity index (χ3v) is 1.98. The molecule has 0 bridgehead atoms. The number of aryl methyl sites for hydroxylation is 1. The van der Waals surface area contributed by atoms with Crippen LogP contribution in [0.4, 0.5) is 0 Å². The molecule has 0 aliphatic carbocycles. The number of nitrogens with zero attached hydrogens (tertiary/aromatic N) is 3. The smallest absolute Gasteiger partial charge is 0.113 e. The van der Waals surface area contributed by atoms with Crippen molar-refractivity contribution in [3.05, 3.63) is 23.8 Å². The summed E-state index contributed by atoms with van der Waals surface area (Å²) in [5.74, 6) is 0. The van der Waals surface area contributed by atoms with E-state index in [1.807, 2.05) is 25.1 Å². The average Bonchev–Trinajstić information content (AvgIpc) is 2.49. The van der Waals surface area contributed by atoms with Crippen LogP contribution in [0.1, 0.15) is 5.56 Å². The van der Waals surface area contributed by atoms with Gasteiger partial charge in [0.1, 0.15) is 5.52 Å². The highest BCUT2D eigenvalue weighted by Gasteiger charge is 2.02. The van der Waals surface area contributed by atoms with Gasteiger partial charge in [-0.25, -0.2) is 4.68 Å². The largest absolute Gasteiger partial charge is 0.394 e. The zero-order chi connectivity index (χ0) is 9.26. The molecule has 1 N–H and O–H groups in total. The highest BCUT2D eigenvalue weighted by atomic mass is 16.3. The summed E-state index contributed by atoms with van der Waals surface area (Å²) < 4.78 is 1.71. The normalized spacial score (nSPS) is 10.9. The van der Waals surface area contributed by atoms with E-state index in [0.717, 1.165) is 11.0 Å². The summed E-state index contributed by atoms with van der Waals surface area (Å²) in [6.07, 6.45) is 0. The lowest BCUT2D eigenvalue weighted by Gasteiger charge is -1.98. The number of aliphatic hydroxyl groups is 1. The van der Waals surface area contributed by atoms with Gasteiger partial charge in [-0.15, -0.1) is 5.10 Å². The number of fused-ring (bicyclic) bond motifs is 1. The molecule has 0 spiro atoms. The maximum Gasteiger partial charge on any atom is 0.113 e. The van der Waals surface area contributed by atoms with Crippen LogP contribution in [0.3, 0.4) is 0 Å². The molecule has 1 aromatic heterocycles. The standard InChI is InChI=1S/C9H11N3O/c1-7-2-3-8-9(6-7)12(4-5-13)11-10-8/h2-3,6,13H,4-5H2,1H3. The molecule has 68 valence electrons. The van der Waals surface area contributed by atoms with E-state index in [2.05, 4.69) is 10.3 Å². The second-order valence-corrected chi connectivity index (χ2v) is 3.03. The van der Waals surface area contributed by atoms with E-state index in [9.17, 15) is 0 Å². The lowest BCUT2D eigenvalue weighted by Crippen LogP contribution is -2.03. The van der Waals surface area contributed by atoms with E-state index in [1.54, 1.807) is 4.68 Å². The van der Waals surface area contributed by atoms with E-state index in [-0.39, 0.29) is 6.61 Å². The first kappa shape index (κ1) is 8.19. The van der Waals surface area contributed by atoms with Gasteiger partial charge in [-0.1, -0.05) is 11.3 Å². The molecule has 0 fully saturated rings. The molecule has 2 aromatic rings. The lowest BCUT2D eigenvalue weighted by molar-refractivity contribution is 0.270. The summed E-state index contributed by atoms with van der Waals surface area (Å²) in [5, 5.41) is 16.7. The van der Waals surface area contributed by atoms with Gasteiger partial charge in [0.25, 0.3) is 0 Å². The Balaban J connectivity index is 2.58. The minimum atomic E-state index is 0.0897. The predicted molar refractivity (Wildman–Crippen MR) is 49.4 cm³/mol. The minimum Gasteiger partial charge on any atom is -0.394 e. The molecule has 0 radical (unpaired) electrons. The van der Waals surface area contributed by atoms with Crippen LogP contribution >= 0.6 is 0 Å². The van der Waals surface area contributed by atoms with Crippen LogP contribution in [0.15, 0.2) is 18.2 Å². The zero-order valence-electron chi connectivity index (χ0n) is 7.44. The van der Waals surface area contributed by atoms with E-state index in [0.29, 0.717) is 6.54 Å². The Morgan fingerprint density at radius 1 is 1.46 bits per heavy atom. The fourth-order valence-electron chi connectivity index (χ4n) is 1.34. The summed E-state index contributed by atoms with van der Waals surface area (Å²) in [6, 6.07) is 5.96. The first-order chi connectivity index (χ1) is 6.31. The maximum absolute atomic E-state index is 8.78. The quantitative estimate of drug-likeness (QED) is 0.735. The van der Waals surface area contributed by atoms with Crippen molar-refractivity contribution < 1.29 is 5.11 Å². The van der Waals surface area contributed by atoms with Crippen LogP contribution in [-0.2, 0) is 6.54 Å². The minimum absolute atomic E-state index is 0.0897. The summed E-state index contributed by atoms with van der Waals surface area (Å²) in [5.41, 5.74) is 3.03. The topological polar surface area (TPSA) is 50.9 Å². The Bertz CT molecular complexity index is 422. The molecule has 0 aliphatic heterocycles. The molecule has 1 aromatic carbocycles. The van der Waals surface area contributed by atoms with Crippen molar-refractivity contribution in [2.45, 2.75) is 13.5 Å². The van der Waals surface area contributed by atoms with Crippen molar-refractivity contribution in [3.63, 3.8) is 0 Å². The van der Waals surface area contributed by atoms with Gasteiger partial charge in [0.05, 0.1) is 18.7 Å². The Hall–Kier alpha value is -1.42. The van der Waals surface area contributed by atoms with Crippen LogP contribution in [0, 0.1) is 6.92 Å². The van der Waals surface area contributed by atoms with E-state index in [4.69, 9.17) is 5.11 Å². The molecule has 0 amide bonds. The lowest BCUT2D eigenvalue weighted by atomic mass is 10.2. The van der Waals surface area contributed by atoms with Gasteiger partial charge in [-0.2, -0.15) is 0 Å². The molecular weight excluding hydrogens is 166 g/mol. The second-order valence-electron chi connectivity index (χ2n) is 3.03. The van der Waals surface area contributed by atoms with E-state index in [1.165, 1.54) is 5.56 Å². The third kappa shape index (κ3) is 1.40. The number of rotatable bonds is 2. The first-order valence-corrected chi connectivity index (χ1v) is 4.22. The summed E-state index contributed by atoms with van der Waals surface area (Å²) in [4.78, 5) is 0. The van der Waals surface area contributed by atoms with Gasteiger partial charge in [-0.05, 0) is 24.6 Å². The van der Waals surface area contributed by atoms with Crippen LogP contribution in [-0.4, -0.2) is 26.7 Å². The summed E-state index contributed by atoms with van der Waals surface area (Å²) >= 11 is 0. The van der Waals surface area contributed by atoms with Gasteiger partial charge < -0.3 is 5.11 Å². The monoisotopic (exact) mass is 177 g/mol. The summed E-state index contributed by atoms with van der Waals surface area (Å²) in [7, 11) is 0. The molecule has 2 rings (SSSR count). The van der Waals surface area contributed by atoms with Gasteiger partial charge in [0.15, 0.2) is 0 Å². The molecule has 0 saturated carbocycles. The zero-order valence-corrected chi connectivity index (χ0v) is 7.44.